The van der Waals surface area contributed by atoms with Crippen molar-refractivity contribution in [1.82, 2.24) is 29.7 Å². The Morgan fingerprint density at radius 2 is 1.10 bits per heavy atom. The first-order chi connectivity index (χ1) is 22.8. The van der Waals surface area contributed by atoms with Crippen LogP contribution in [0, 0.1) is 23.7 Å². The minimum Gasteiger partial charge on any atom is -0.444 e. The Hall–Kier alpha value is -5.22. The number of carbonyl (C=O) groups excluding carboxylic acids is 2. The average molecular weight is 647 g/mol. The molecule has 0 radical (unpaired) electrons. The van der Waals surface area contributed by atoms with Gasteiger partial charge in [0.1, 0.15) is 34.2 Å². The molecule has 4 heterocycles. The molecule has 4 aromatic rings. The van der Waals surface area contributed by atoms with Gasteiger partial charge in [-0.25, -0.2) is 19.6 Å². The van der Waals surface area contributed by atoms with E-state index >= 15 is 0 Å². The van der Waals surface area contributed by atoms with Crippen LogP contribution in [0.5, 0.6) is 0 Å². The van der Waals surface area contributed by atoms with Gasteiger partial charge in [-0.3, -0.25) is 9.80 Å². The van der Waals surface area contributed by atoms with Crippen molar-refractivity contribution in [1.29, 1.82) is 0 Å². The molecule has 0 saturated carbocycles. The number of nitrogens with one attached hydrogen (secondary N) is 2. The van der Waals surface area contributed by atoms with Crippen LogP contribution in [0.4, 0.5) is 9.59 Å². The zero-order valence-corrected chi connectivity index (χ0v) is 28.4. The summed E-state index contributed by atoms with van der Waals surface area (Å²) in [6.45, 7) is 12.5. The second-order valence-electron chi connectivity index (χ2n) is 14.3. The van der Waals surface area contributed by atoms with Crippen molar-refractivity contribution in [2.45, 2.75) is 90.5 Å². The number of carbonyl (C=O) groups is 2. The molecule has 6 rings (SSSR count). The second kappa shape index (κ2) is 13.1. The van der Waals surface area contributed by atoms with E-state index in [9.17, 15) is 9.59 Å². The fraction of sp³-hybridized carbons (Fsp3) is 0.421. The number of amides is 2. The molecular weight excluding hydrogens is 604 g/mol. The van der Waals surface area contributed by atoms with Crippen molar-refractivity contribution in [2.75, 3.05) is 13.1 Å². The summed E-state index contributed by atoms with van der Waals surface area (Å²) in [5, 5.41) is 2.11. The van der Waals surface area contributed by atoms with Gasteiger partial charge in [0, 0.05) is 36.6 Å². The van der Waals surface area contributed by atoms with Gasteiger partial charge >= 0.3 is 12.2 Å². The number of ether oxygens (including phenoxy) is 2. The highest BCUT2D eigenvalue weighted by Crippen LogP contribution is 2.33. The third-order valence-electron chi connectivity index (χ3n) is 8.10. The van der Waals surface area contributed by atoms with Gasteiger partial charge in [0.2, 0.25) is 0 Å². The smallest absolute Gasteiger partial charge is 0.410 e. The Labute approximate surface area is 281 Å². The second-order valence-corrected chi connectivity index (χ2v) is 14.3. The van der Waals surface area contributed by atoms with E-state index < -0.39 is 11.2 Å². The van der Waals surface area contributed by atoms with Gasteiger partial charge in [0.25, 0.3) is 0 Å². The van der Waals surface area contributed by atoms with Gasteiger partial charge in [0.05, 0.1) is 12.1 Å². The van der Waals surface area contributed by atoms with Crippen LogP contribution in [0.3, 0.4) is 0 Å². The zero-order valence-electron chi connectivity index (χ0n) is 28.4. The topological polar surface area (TPSA) is 116 Å². The molecule has 2 aromatic heterocycles. The van der Waals surface area contributed by atoms with Gasteiger partial charge in [-0.1, -0.05) is 24.0 Å². The number of aromatic nitrogens is 4. The molecular formula is C38H42N6O4. The highest BCUT2D eigenvalue weighted by molar-refractivity contribution is 5.85. The summed E-state index contributed by atoms with van der Waals surface area (Å²) in [4.78, 5) is 44.7. The van der Waals surface area contributed by atoms with Gasteiger partial charge in [-0.2, -0.15) is 0 Å². The van der Waals surface area contributed by atoms with Crippen molar-refractivity contribution in [2.24, 2.45) is 0 Å². The molecule has 2 saturated heterocycles. The van der Waals surface area contributed by atoms with Gasteiger partial charge in [-0.05, 0) is 114 Å². The van der Waals surface area contributed by atoms with Crippen LogP contribution < -0.4 is 0 Å². The van der Waals surface area contributed by atoms with Gasteiger partial charge in [0.15, 0.2) is 0 Å². The van der Waals surface area contributed by atoms with Crippen LogP contribution >= 0.6 is 0 Å². The summed E-state index contributed by atoms with van der Waals surface area (Å²) < 4.78 is 11.2. The molecule has 2 fully saturated rings. The molecule has 0 aliphatic carbocycles. The average Bonchev–Trinajstić information content (AvgIpc) is 3.83. The van der Waals surface area contributed by atoms with E-state index in [1.807, 2.05) is 77.9 Å². The van der Waals surface area contributed by atoms with Crippen molar-refractivity contribution >= 4 is 23.0 Å². The predicted octanol–water partition coefficient (Wildman–Crippen LogP) is 7.23. The fourth-order valence-electron chi connectivity index (χ4n) is 6.00. The molecule has 2 aromatic carbocycles. The van der Waals surface area contributed by atoms with E-state index in [4.69, 9.17) is 9.47 Å². The van der Waals surface area contributed by atoms with E-state index in [0.717, 1.165) is 59.2 Å². The Balaban J connectivity index is 1.10. The number of H-pyrrole nitrogens is 2. The molecule has 2 aliphatic heterocycles. The highest BCUT2D eigenvalue weighted by Gasteiger charge is 2.36. The summed E-state index contributed by atoms with van der Waals surface area (Å²) >= 11 is 0. The van der Waals surface area contributed by atoms with E-state index in [1.165, 1.54) is 0 Å². The minimum atomic E-state index is -0.548. The molecule has 10 heteroatoms. The summed E-state index contributed by atoms with van der Waals surface area (Å²) in [7, 11) is 0. The first-order valence-corrected chi connectivity index (χ1v) is 16.5. The Kier molecular flexibility index (Phi) is 8.94. The highest BCUT2D eigenvalue weighted by atomic mass is 16.6. The predicted molar refractivity (Wildman–Crippen MR) is 183 cm³/mol. The fourth-order valence-corrected chi connectivity index (χ4v) is 6.00. The lowest BCUT2D eigenvalue weighted by molar-refractivity contribution is 0.0208. The first kappa shape index (κ1) is 32.7. The van der Waals surface area contributed by atoms with Crippen LogP contribution in [0.2, 0.25) is 0 Å². The zero-order chi connectivity index (χ0) is 34.1. The van der Waals surface area contributed by atoms with E-state index in [2.05, 4.69) is 43.6 Å². The summed E-state index contributed by atoms with van der Waals surface area (Å²) in [5.41, 5.74) is 1.90. The maximum absolute atomic E-state index is 12.7. The van der Waals surface area contributed by atoms with E-state index in [1.54, 1.807) is 22.2 Å². The molecule has 0 bridgehead atoms. The number of imidazole rings is 2. The van der Waals surface area contributed by atoms with Crippen LogP contribution in [0.25, 0.3) is 10.8 Å². The summed E-state index contributed by atoms with van der Waals surface area (Å²) in [6.07, 6.45) is 6.39. The van der Waals surface area contributed by atoms with Gasteiger partial charge < -0.3 is 19.4 Å². The number of hydrogen-bond donors (Lipinski definition) is 2. The van der Waals surface area contributed by atoms with Gasteiger partial charge in [-0.15, -0.1) is 0 Å². The summed E-state index contributed by atoms with van der Waals surface area (Å²) in [5.74, 6) is 14.2. The van der Waals surface area contributed by atoms with Crippen LogP contribution in [-0.4, -0.2) is 66.2 Å². The number of benzene rings is 2. The van der Waals surface area contributed by atoms with E-state index in [-0.39, 0.29) is 24.3 Å². The maximum atomic E-state index is 12.7. The van der Waals surface area contributed by atoms with E-state index in [0.29, 0.717) is 24.5 Å². The maximum Gasteiger partial charge on any atom is 0.410 e. The molecule has 0 spiro atoms. The lowest BCUT2D eigenvalue weighted by atomic mass is 10.0. The Bertz CT molecular complexity index is 1810. The molecule has 2 N–H and O–H groups in total. The molecule has 0 unspecified atom stereocenters. The van der Waals surface area contributed by atoms with Crippen LogP contribution in [0.1, 0.15) is 113 Å². The Morgan fingerprint density at radius 3 is 1.50 bits per heavy atom. The molecule has 248 valence electrons. The SMILES string of the molecule is CC(C)(C)OC(=O)N1CCC[C@H]1c1nc(C#Cc2ccc3cc(C#Cc4c[nH]c([C@@H]5CCCN5C(=O)OC(C)(C)C)n4)ccc3c2)c[nH]1. The minimum absolute atomic E-state index is 0.148. The molecule has 10 nitrogen and oxygen atoms in total. The molecule has 2 amide bonds. The normalized spacial score (nSPS) is 17.9. The van der Waals surface area contributed by atoms with Crippen LogP contribution in [-0.2, 0) is 9.47 Å². The summed E-state index contributed by atoms with van der Waals surface area (Å²) in [6, 6.07) is 11.8. The third-order valence-corrected chi connectivity index (χ3v) is 8.10. The number of likely N-dealkylation sites (tertiary alicyclic amines) is 2. The molecule has 2 atom stereocenters. The quantitative estimate of drug-likeness (QED) is 0.222. The van der Waals surface area contributed by atoms with Crippen LogP contribution in [0.15, 0.2) is 48.8 Å². The monoisotopic (exact) mass is 646 g/mol. The third kappa shape index (κ3) is 7.83. The molecule has 2 aliphatic rings. The number of hydrogen-bond acceptors (Lipinski definition) is 6. The van der Waals surface area contributed by atoms with Crippen molar-refractivity contribution in [3.05, 3.63) is 83.0 Å². The molecule has 48 heavy (non-hydrogen) atoms. The largest absolute Gasteiger partial charge is 0.444 e. The number of rotatable bonds is 2. The number of nitrogens with zero attached hydrogens (tertiary/aromatic N) is 4. The number of aromatic amines is 2. The lowest BCUT2D eigenvalue weighted by Crippen LogP contribution is -2.36. The first-order valence-electron chi connectivity index (χ1n) is 16.5. The standard InChI is InChI=1S/C38H42N6O4/c1-37(2,3)47-35(45)43-19-7-9-31(43)33-39-23-29(41-33)17-13-25-11-15-28-22-26(12-16-27(28)21-25)14-18-30-24-40-34(42-30)32-10-8-20-44(32)36(46)48-38(4,5)6/h11-12,15-16,21-24,31-32H,7-10,19-20H2,1-6H3,(H,39,41)(H,40,42)/t31-,32-/m0/s1. The number of fused-ring (bicyclic) bond motifs is 1. The van der Waals surface area contributed by atoms with Crippen molar-refractivity contribution in [3.63, 3.8) is 0 Å². The van der Waals surface area contributed by atoms with Crippen molar-refractivity contribution in [3.8, 4) is 23.7 Å². The van der Waals surface area contributed by atoms with Crippen molar-refractivity contribution < 1.29 is 19.1 Å². The Morgan fingerprint density at radius 1 is 0.688 bits per heavy atom. The lowest BCUT2D eigenvalue weighted by Gasteiger charge is -2.27.